The molecule has 0 aromatic heterocycles. The van der Waals surface area contributed by atoms with Crippen molar-refractivity contribution in [3.63, 3.8) is 0 Å². The summed E-state index contributed by atoms with van der Waals surface area (Å²) in [6, 6.07) is 12.6. The molecule has 2 nitrogen and oxygen atoms in total. The van der Waals surface area contributed by atoms with Gasteiger partial charge in [0.05, 0.1) is 0 Å². The summed E-state index contributed by atoms with van der Waals surface area (Å²) in [5, 5.41) is 0. The van der Waals surface area contributed by atoms with Gasteiger partial charge in [-0.2, -0.15) is 0 Å². The number of halogens is 1. The second-order valence-electron chi connectivity index (χ2n) is 4.37. The summed E-state index contributed by atoms with van der Waals surface area (Å²) in [6.45, 7) is 2.81. The maximum atomic E-state index is 13.1. The van der Waals surface area contributed by atoms with Crippen LogP contribution < -0.4 is 10.5 Å². The molecule has 0 bridgehead atoms. The number of hydrogen-bond donors (Lipinski definition) is 1. The smallest absolute Gasteiger partial charge is 0.123 e. The Balaban J connectivity index is 2.14. The van der Waals surface area contributed by atoms with E-state index in [1.807, 2.05) is 24.3 Å². The molecular weight excluding hydrogens is 241 g/mol. The molecule has 2 N–H and O–H groups in total. The van der Waals surface area contributed by atoms with Gasteiger partial charge in [0.25, 0.3) is 0 Å². The highest BCUT2D eigenvalue weighted by Crippen LogP contribution is 2.21. The van der Waals surface area contributed by atoms with Crippen molar-refractivity contribution in [3.05, 3.63) is 65.0 Å². The molecule has 0 aliphatic rings. The van der Waals surface area contributed by atoms with Crippen LogP contribution in [0.5, 0.6) is 5.75 Å². The molecule has 0 saturated heterocycles. The van der Waals surface area contributed by atoms with Gasteiger partial charge in [-0.25, -0.2) is 4.39 Å². The Morgan fingerprint density at radius 1 is 1.05 bits per heavy atom. The van der Waals surface area contributed by atoms with Crippen LogP contribution in [0.1, 0.15) is 23.6 Å². The molecule has 100 valence electrons. The average Bonchev–Trinajstić information content (AvgIpc) is 2.46. The average molecular weight is 259 g/mol. The minimum Gasteiger partial charge on any atom is -0.489 e. The maximum absolute atomic E-state index is 13.1. The quantitative estimate of drug-likeness (QED) is 0.893. The van der Waals surface area contributed by atoms with E-state index >= 15 is 0 Å². The Kier molecular flexibility index (Phi) is 4.53. The summed E-state index contributed by atoms with van der Waals surface area (Å²) in [7, 11) is 0. The first kappa shape index (κ1) is 13.6. The fourth-order valence-electron chi connectivity index (χ4n) is 2.02. The fourth-order valence-corrected chi connectivity index (χ4v) is 2.02. The van der Waals surface area contributed by atoms with Gasteiger partial charge in [-0.1, -0.05) is 31.2 Å². The third-order valence-electron chi connectivity index (χ3n) is 3.12. The molecule has 0 aliphatic heterocycles. The maximum Gasteiger partial charge on any atom is 0.123 e. The van der Waals surface area contributed by atoms with E-state index in [-0.39, 0.29) is 5.82 Å². The first-order valence-corrected chi connectivity index (χ1v) is 6.42. The summed E-state index contributed by atoms with van der Waals surface area (Å²) < 4.78 is 18.9. The molecule has 2 rings (SSSR count). The summed E-state index contributed by atoms with van der Waals surface area (Å²) in [5.41, 5.74) is 8.50. The lowest BCUT2D eigenvalue weighted by molar-refractivity contribution is 0.302. The second kappa shape index (κ2) is 6.34. The number of para-hydroxylation sites is 1. The van der Waals surface area contributed by atoms with Gasteiger partial charge in [0.15, 0.2) is 0 Å². The lowest BCUT2D eigenvalue weighted by atomic mass is 10.1. The molecule has 0 spiro atoms. The summed E-state index contributed by atoms with van der Waals surface area (Å²) in [5.74, 6) is 0.607. The minimum absolute atomic E-state index is 0.266. The van der Waals surface area contributed by atoms with Crippen molar-refractivity contribution in [1.29, 1.82) is 0 Å². The van der Waals surface area contributed by atoms with Crippen molar-refractivity contribution >= 4 is 0 Å². The van der Waals surface area contributed by atoms with Gasteiger partial charge in [-0.3, -0.25) is 0 Å². The highest BCUT2D eigenvalue weighted by molar-refractivity contribution is 5.34. The van der Waals surface area contributed by atoms with Crippen LogP contribution in [0.2, 0.25) is 0 Å². The Morgan fingerprint density at radius 2 is 1.84 bits per heavy atom. The fraction of sp³-hybridized carbons (Fsp3) is 0.250. The summed E-state index contributed by atoms with van der Waals surface area (Å²) in [6.07, 6.45) is 0.920. The number of benzene rings is 2. The monoisotopic (exact) mass is 259 g/mol. The van der Waals surface area contributed by atoms with Crippen LogP contribution in [0.25, 0.3) is 0 Å². The Morgan fingerprint density at radius 3 is 2.58 bits per heavy atom. The molecule has 2 aromatic rings. The standard InChI is InChI=1S/C16H18FNO/c1-2-12-5-3-4-6-16(12)19-11-13-7-8-15(17)9-14(13)10-18/h3-9H,2,10-11,18H2,1H3. The van der Waals surface area contributed by atoms with Crippen LogP contribution in [0.3, 0.4) is 0 Å². The topological polar surface area (TPSA) is 35.2 Å². The molecule has 19 heavy (non-hydrogen) atoms. The van der Waals surface area contributed by atoms with Crippen LogP contribution in [0.4, 0.5) is 4.39 Å². The third kappa shape index (κ3) is 3.32. The van der Waals surface area contributed by atoms with Crippen LogP contribution in [0, 0.1) is 5.82 Å². The molecule has 0 heterocycles. The highest BCUT2D eigenvalue weighted by Gasteiger charge is 2.05. The summed E-state index contributed by atoms with van der Waals surface area (Å²) >= 11 is 0. The predicted molar refractivity (Wildman–Crippen MR) is 74.4 cm³/mol. The lowest BCUT2D eigenvalue weighted by Gasteiger charge is -2.12. The van der Waals surface area contributed by atoms with Gasteiger partial charge in [0, 0.05) is 6.54 Å². The Hall–Kier alpha value is -1.87. The van der Waals surface area contributed by atoms with Crippen molar-refractivity contribution < 1.29 is 9.13 Å². The molecule has 0 saturated carbocycles. The largest absolute Gasteiger partial charge is 0.489 e. The first-order valence-electron chi connectivity index (χ1n) is 6.42. The Labute approximate surface area is 113 Å². The lowest BCUT2D eigenvalue weighted by Crippen LogP contribution is -2.06. The van der Waals surface area contributed by atoms with Crippen molar-refractivity contribution in [2.75, 3.05) is 0 Å². The van der Waals surface area contributed by atoms with E-state index in [0.29, 0.717) is 13.2 Å². The molecular formula is C16H18FNO. The van der Waals surface area contributed by atoms with Crippen molar-refractivity contribution in [3.8, 4) is 5.75 Å². The number of aryl methyl sites for hydroxylation is 1. The highest BCUT2D eigenvalue weighted by atomic mass is 19.1. The molecule has 3 heteroatoms. The zero-order chi connectivity index (χ0) is 13.7. The van der Waals surface area contributed by atoms with Gasteiger partial charge in [-0.05, 0) is 41.3 Å². The van der Waals surface area contributed by atoms with Gasteiger partial charge in [0.1, 0.15) is 18.2 Å². The third-order valence-corrected chi connectivity index (χ3v) is 3.12. The van der Waals surface area contributed by atoms with Gasteiger partial charge in [-0.15, -0.1) is 0 Å². The SMILES string of the molecule is CCc1ccccc1OCc1ccc(F)cc1CN. The van der Waals surface area contributed by atoms with E-state index in [1.54, 1.807) is 6.07 Å². The zero-order valence-corrected chi connectivity index (χ0v) is 11.0. The van der Waals surface area contributed by atoms with E-state index < -0.39 is 0 Å². The Bertz CT molecular complexity index is 554. The van der Waals surface area contributed by atoms with Crippen LogP contribution in [-0.4, -0.2) is 0 Å². The minimum atomic E-state index is -0.266. The van der Waals surface area contributed by atoms with Crippen LogP contribution in [0.15, 0.2) is 42.5 Å². The van der Waals surface area contributed by atoms with Gasteiger partial charge < -0.3 is 10.5 Å². The van der Waals surface area contributed by atoms with Crippen molar-refractivity contribution in [2.24, 2.45) is 5.73 Å². The van der Waals surface area contributed by atoms with Crippen LogP contribution in [-0.2, 0) is 19.6 Å². The first-order chi connectivity index (χ1) is 9.24. The predicted octanol–water partition coefficient (Wildman–Crippen LogP) is 3.43. The van der Waals surface area contributed by atoms with E-state index in [2.05, 4.69) is 6.92 Å². The molecule has 0 amide bonds. The zero-order valence-electron chi connectivity index (χ0n) is 11.0. The molecule has 2 aromatic carbocycles. The second-order valence-corrected chi connectivity index (χ2v) is 4.37. The van der Waals surface area contributed by atoms with E-state index in [1.165, 1.54) is 17.7 Å². The number of ether oxygens (including phenoxy) is 1. The molecule has 0 fully saturated rings. The molecule has 0 aliphatic carbocycles. The van der Waals surface area contributed by atoms with E-state index in [9.17, 15) is 4.39 Å². The van der Waals surface area contributed by atoms with Crippen molar-refractivity contribution in [1.82, 2.24) is 0 Å². The van der Waals surface area contributed by atoms with Gasteiger partial charge >= 0.3 is 0 Å². The van der Waals surface area contributed by atoms with Crippen LogP contribution >= 0.6 is 0 Å². The molecule has 0 radical (unpaired) electrons. The number of nitrogens with two attached hydrogens (primary N) is 1. The van der Waals surface area contributed by atoms with Gasteiger partial charge in [0.2, 0.25) is 0 Å². The molecule has 0 unspecified atom stereocenters. The van der Waals surface area contributed by atoms with Crippen molar-refractivity contribution in [2.45, 2.75) is 26.5 Å². The normalized spacial score (nSPS) is 10.5. The number of hydrogen-bond acceptors (Lipinski definition) is 2. The number of rotatable bonds is 5. The van der Waals surface area contributed by atoms with E-state index in [0.717, 1.165) is 23.3 Å². The van der Waals surface area contributed by atoms with E-state index in [4.69, 9.17) is 10.5 Å². The summed E-state index contributed by atoms with van der Waals surface area (Å²) in [4.78, 5) is 0. The molecule has 0 atom stereocenters.